The molecule has 5 nitrogen and oxygen atoms in total. The number of rotatable bonds is 4. The molecule has 0 saturated carbocycles. The number of nitrogens with zero attached hydrogens (tertiary/aromatic N) is 1. The van der Waals surface area contributed by atoms with Crippen LogP contribution in [0.4, 0.5) is 13.6 Å². The van der Waals surface area contributed by atoms with Crippen LogP contribution in [-0.4, -0.2) is 47.7 Å². The number of carbonyl (C=O) groups excluding carboxylic acids is 1. The Labute approximate surface area is 109 Å². The molecule has 108 valence electrons. The van der Waals surface area contributed by atoms with Gasteiger partial charge in [0.05, 0.1) is 6.42 Å². The van der Waals surface area contributed by atoms with E-state index in [0.29, 0.717) is 0 Å². The number of carboxylic acids is 1. The monoisotopic (exact) mass is 277 g/mol. The molecule has 1 fully saturated rings. The van der Waals surface area contributed by atoms with Crippen molar-refractivity contribution in [3.8, 4) is 0 Å². The number of alkyl halides is 2. The Morgan fingerprint density at radius 3 is 2.74 bits per heavy atom. The predicted molar refractivity (Wildman–Crippen MR) is 63.0 cm³/mol. The number of carboxylic acid groups (broad SMARTS) is 1. The zero-order valence-corrected chi connectivity index (χ0v) is 10.5. The summed E-state index contributed by atoms with van der Waals surface area (Å²) in [5.41, 5.74) is 0. The third-order valence-corrected chi connectivity index (χ3v) is 3.06. The van der Waals surface area contributed by atoms with Crippen LogP contribution >= 0.6 is 0 Å². The molecule has 0 bridgehead atoms. The van der Waals surface area contributed by atoms with Gasteiger partial charge in [0.15, 0.2) is 0 Å². The quantitative estimate of drug-likeness (QED) is 0.799. The first kappa shape index (κ1) is 15.4. The molecular weight excluding hydrogens is 260 g/mol. The number of ether oxygens (including phenoxy) is 1. The first-order chi connectivity index (χ1) is 8.86. The molecule has 1 amide bonds. The summed E-state index contributed by atoms with van der Waals surface area (Å²) in [5, 5.41) is 8.63. The maximum Gasteiger partial charge on any atom is 0.410 e. The second-order valence-corrected chi connectivity index (χ2v) is 4.45. The summed E-state index contributed by atoms with van der Waals surface area (Å²) in [5.74, 6) is -5.58. The Bertz CT molecular complexity index is 360. The number of amides is 1. The second-order valence-electron chi connectivity index (χ2n) is 4.45. The van der Waals surface area contributed by atoms with Gasteiger partial charge in [-0.25, -0.2) is 13.6 Å². The van der Waals surface area contributed by atoms with Gasteiger partial charge in [-0.1, -0.05) is 12.7 Å². The summed E-state index contributed by atoms with van der Waals surface area (Å²) < 4.78 is 32.2. The van der Waals surface area contributed by atoms with Crippen molar-refractivity contribution < 1.29 is 28.2 Å². The van der Waals surface area contributed by atoms with Crippen molar-refractivity contribution in [2.24, 2.45) is 5.92 Å². The maximum atomic E-state index is 13.7. The van der Waals surface area contributed by atoms with Gasteiger partial charge in [-0.05, 0) is 6.42 Å². The lowest BCUT2D eigenvalue weighted by Crippen LogP contribution is -2.33. The molecule has 1 N–H and O–H groups in total. The van der Waals surface area contributed by atoms with Crippen molar-refractivity contribution in [1.29, 1.82) is 0 Å². The van der Waals surface area contributed by atoms with Crippen LogP contribution in [0.2, 0.25) is 0 Å². The fourth-order valence-electron chi connectivity index (χ4n) is 1.99. The first-order valence-corrected chi connectivity index (χ1v) is 5.99. The molecule has 0 radical (unpaired) electrons. The lowest BCUT2D eigenvalue weighted by Gasteiger charge is -2.22. The molecule has 0 aromatic rings. The van der Waals surface area contributed by atoms with Crippen molar-refractivity contribution >= 4 is 12.1 Å². The molecule has 7 heteroatoms. The third kappa shape index (κ3) is 4.50. The van der Waals surface area contributed by atoms with Gasteiger partial charge < -0.3 is 14.7 Å². The third-order valence-electron chi connectivity index (χ3n) is 3.06. The van der Waals surface area contributed by atoms with E-state index in [4.69, 9.17) is 9.84 Å². The minimum absolute atomic E-state index is 0.0181. The zero-order chi connectivity index (χ0) is 14.5. The van der Waals surface area contributed by atoms with Crippen molar-refractivity contribution in [3.63, 3.8) is 0 Å². The summed E-state index contributed by atoms with van der Waals surface area (Å²) in [6.45, 7) is 3.33. The standard InChI is InChI=1S/C12H17F2NO4/c1-2-7-19-11(18)15-5-3-9(8-10(16)17)12(13,14)4-6-15/h2,9H,1,3-8H2,(H,16,17). The van der Waals surface area contributed by atoms with Crippen LogP contribution in [0.3, 0.4) is 0 Å². The minimum atomic E-state index is -3.08. The van der Waals surface area contributed by atoms with Gasteiger partial charge in [0.1, 0.15) is 6.61 Å². The Morgan fingerprint density at radius 1 is 1.47 bits per heavy atom. The van der Waals surface area contributed by atoms with E-state index >= 15 is 0 Å². The van der Waals surface area contributed by atoms with E-state index in [9.17, 15) is 18.4 Å². The Balaban J connectivity index is 2.64. The molecule has 0 aromatic carbocycles. The average Bonchev–Trinajstić information content (AvgIpc) is 2.46. The van der Waals surface area contributed by atoms with E-state index in [-0.39, 0.29) is 26.1 Å². The molecular formula is C12H17F2NO4. The molecule has 1 aliphatic rings. The van der Waals surface area contributed by atoms with Gasteiger partial charge in [-0.2, -0.15) is 0 Å². The maximum absolute atomic E-state index is 13.7. The fraction of sp³-hybridized carbons (Fsp3) is 0.667. The summed E-state index contributed by atoms with van der Waals surface area (Å²) in [7, 11) is 0. The van der Waals surface area contributed by atoms with Crippen LogP contribution in [0.1, 0.15) is 19.3 Å². The lowest BCUT2D eigenvalue weighted by atomic mass is 9.93. The molecule has 0 aliphatic carbocycles. The van der Waals surface area contributed by atoms with Crippen molar-refractivity contribution in [2.75, 3.05) is 19.7 Å². The minimum Gasteiger partial charge on any atom is -0.481 e. The van der Waals surface area contributed by atoms with E-state index in [1.807, 2.05) is 0 Å². The molecule has 1 heterocycles. The Hall–Kier alpha value is -1.66. The summed E-state index contributed by atoms with van der Waals surface area (Å²) in [6.07, 6.45) is -0.483. The molecule has 19 heavy (non-hydrogen) atoms. The van der Waals surface area contributed by atoms with E-state index < -0.39 is 36.7 Å². The molecule has 1 aliphatic heterocycles. The SMILES string of the molecule is C=CCOC(=O)N1CCC(CC(=O)O)C(F)(F)CC1. The normalized spacial score (nSPS) is 22.4. The van der Waals surface area contributed by atoms with Crippen molar-refractivity contribution in [2.45, 2.75) is 25.2 Å². The average molecular weight is 277 g/mol. The number of hydrogen-bond donors (Lipinski definition) is 1. The number of hydrogen-bond acceptors (Lipinski definition) is 3. The molecule has 1 unspecified atom stereocenters. The number of halogens is 2. The first-order valence-electron chi connectivity index (χ1n) is 5.99. The number of aliphatic carboxylic acids is 1. The van der Waals surface area contributed by atoms with Crippen LogP contribution < -0.4 is 0 Å². The van der Waals surface area contributed by atoms with Crippen LogP contribution in [-0.2, 0) is 9.53 Å². The molecule has 1 atom stereocenters. The van der Waals surface area contributed by atoms with E-state index in [2.05, 4.69) is 6.58 Å². The molecule has 1 saturated heterocycles. The van der Waals surface area contributed by atoms with E-state index in [1.54, 1.807) is 0 Å². The van der Waals surface area contributed by atoms with Gasteiger partial charge in [0.2, 0.25) is 0 Å². The second kappa shape index (κ2) is 6.49. The van der Waals surface area contributed by atoms with Crippen LogP contribution in [0.15, 0.2) is 12.7 Å². The number of carbonyl (C=O) groups is 2. The molecule has 0 aromatic heterocycles. The molecule has 1 rings (SSSR count). The van der Waals surface area contributed by atoms with E-state index in [0.717, 1.165) is 0 Å². The van der Waals surface area contributed by atoms with Gasteiger partial charge >= 0.3 is 12.1 Å². The van der Waals surface area contributed by atoms with Crippen molar-refractivity contribution in [1.82, 2.24) is 4.90 Å². The van der Waals surface area contributed by atoms with Crippen molar-refractivity contribution in [3.05, 3.63) is 12.7 Å². The fourth-order valence-corrected chi connectivity index (χ4v) is 1.99. The largest absolute Gasteiger partial charge is 0.481 e. The van der Waals surface area contributed by atoms with Gasteiger partial charge in [0.25, 0.3) is 5.92 Å². The highest BCUT2D eigenvalue weighted by Gasteiger charge is 2.43. The lowest BCUT2D eigenvalue weighted by molar-refractivity contribution is -0.143. The number of likely N-dealkylation sites (tertiary alicyclic amines) is 1. The zero-order valence-electron chi connectivity index (χ0n) is 10.5. The molecule has 0 spiro atoms. The summed E-state index contributed by atoms with van der Waals surface area (Å²) in [4.78, 5) is 23.3. The van der Waals surface area contributed by atoms with E-state index in [1.165, 1.54) is 11.0 Å². The van der Waals surface area contributed by atoms with Crippen LogP contribution in [0.5, 0.6) is 0 Å². The van der Waals surface area contributed by atoms with Crippen LogP contribution in [0, 0.1) is 5.92 Å². The predicted octanol–water partition coefficient (Wildman–Crippen LogP) is 2.13. The Kier molecular flexibility index (Phi) is 5.26. The summed E-state index contributed by atoms with van der Waals surface area (Å²) >= 11 is 0. The van der Waals surface area contributed by atoms with Gasteiger partial charge in [0, 0.05) is 25.4 Å². The highest BCUT2D eigenvalue weighted by atomic mass is 19.3. The topological polar surface area (TPSA) is 66.8 Å². The highest BCUT2D eigenvalue weighted by Crippen LogP contribution is 2.36. The van der Waals surface area contributed by atoms with Crippen LogP contribution in [0.25, 0.3) is 0 Å². The summed E-state index contributed by atoms with van der Waals surface area (Å²) in [6, 6.07) is 0. The Morgan fingerprint density at radius 2 is 2.16 bits per heavy atom. The van der Waals surface area contributed by atoms with Gasteiger partial charge in [-0.3, -0.25) is 4.79 Å². The van der Waals surface area contributed by atoms with Gasteiger partial charge in [-0.15, -0.1) is 0 Å². The smallest absolute Gasteiger partial charge is 0.410 e. The highest BCUT2D eigenvalue weighted by molar-refractivity contribution is 5.68.